The average Bonchev–Trinajstić information content (AvgIpc) is 3.00. The predicted molar refractivity (Wildman–Crippen MR) is 57.0 cm³/mol. The summed E-state index contributed by atoms with van der Waals surface area (Å²) in [4.78, 5) is 0. The molecule has 14 heavy (non-hydrogen) atoms. The van der Waals surface area contributed by atoms with Crippen molar-refractivity contribution in [3.05, 3.63) is 35.9 Å². The smallest absolute Gasteiger partial charge is 0.0617 e. The molecule has 0 saturated heterocycles. The normalized spacial score (nSPS) is 22.8. The molecule has 1 aromatic carbocycles. The van der Waals surface area contributed by atoms with Crippen molar-refractivity contribution in [2.24, 2.45) is 5.73 Å². The van der Waals surface area contributed by atoms with E-state index in [1.165, 1.54) is 5.56 Å². The average molecular weight is 191 g/mol. The fraction of sp³-hybridized carbons (Fsp3) is 0.500. The highest BCUT2D eigenvalue weighted by Gasteiger charge is 2.55. The Kier molecular flexibility index (Phi) is 2.13. The summed E-state index contributed by atoms with van der Waals surface area (Å²) < 4.78 is 0. The molecule has 0 heterocycles. The maximum atomic E-state index is 9.31. The number of nitrogens with two attached hydrogens (primary N) is 1. The van der Waals surface area contributed by atoms with Crippen molar-refractivity contribution in [2.75, 3.05) is 6.61 Å². The van der Waals surface area contributed by atoms with E-state index in [9.17, 15) is 5.11 Å². The third-order valence-corrected chi connectivity index (χ3v) is 3.50. The van der Waals surface area contributed by atoms with E-state index >= 15 is 0 Å². The van der Waals surface area contributed by atoms with E-state index in [1.54, 1.807) is 0 Å². The van der Waals surface area contributed by atoms with Crippen molar-refractivity contribution in [1.82, 2.24) is 0 Å². The highest BCUT2D eigenvalue weighted by atomic mass is 16.3. The third kappa shape index (κ3) is 1.26. The lowest BCUT2D eigenvalue weighted by Crippen LogP contribution is -2.51. The maximum Gasteiger partial charge on any atom is 0.0617 e. The summed E-state index contributed by atoms with van der Waals surface area (Å²) in [6.45, 7) is 1.98. The minimum atomic E-state index is -0.492. The fourth-order valence-electron chi connectivity index (χ4n) is 2.22. The highest BCUT2D eigenvalue weighted by Crippen LogP contribution is 2.54. The Morgan fingerprint density at radius 2 is 1.93 bits per heavy atom. The van der Waals surface area contributed by atoms with Crippen molar-refractivity contribution < 1.29 is 5.11 Å². The topological polar surface area (TPSA) is 46.2 Å². The lowest BCUT2D eigenvalue weighted by molar-refractivity contribution is 0.175. The van der Waals surface area contributed by atoms with Crippen molar-refractivity contribution >= 4 is 0 Å². The van der Waals surface area contributed by atoms with Crippen LogP contribution in [0.5, 0.6) is 0 Å². The van der Waals surface area contributed by atoms with E-state index in [4.69, 9.17) is 5.73 Å². The summed E-state index contributed by atoms with van der Waals surface area (Å²) in [5.74, 6) is 0. The van der Waals surface area contributed by atoms with Crippen LogP contribution in [-0.2, 0) is 5.41 Å². The second-order valence-corrected chi connectivity index (χ2v) is 4.52. The maximum absolute atomic E-state index is 9.31. The number of benzene rings is 1. The van der Waals surface area contributed by atoms with Crippen LogP contribution >= 0.6 is 0 Å². The first kappa shape index (κ1) is 9.69. The molecule has 1 aromatic rings. The van der Waals surface area contributed by atoms with Crippen LogP contribution in [0.1, 0.15) is 25.3 Å². The SMILES string of the molecule is CC(N)(CO)C1(c2ccccc2)CC1. The fourth-order valence-corrected chi connectivity index (χ4v) is 2.22. The van der Waals surface area contributed by atoms with E-state index in [0.29, 0.717) is 0 Å². The zero-order chi connectivity index (χ0) is 10.2. The van der Waals surface area contributed by atoms with Gasteiger partial charge in [0.05, 0.1) is 6.61 Å². The zero-order valence-electron chi connectivity index (χ0n) is 8.53. The van der Waals surface area contributed by atoms with E-state index in [2.05, 4.69) is 12.1 Å². The molecule has 0 aliphatic heterocycles. The van der Waals surface area contributed by atoms with E-state index in [1.807, 2.05) is 25.1 Å². The first-order chi connectivity index (χ1) is 6.62. The Morgan fingerprint density at radius 1 is 1.36 bits per heavy atom. The summed E-state index contributed by atoms with van der Waals surface area (Å²) in [7, 11) is 0. The van der Waals surface area contributed by atoms with Crippen LogP contribution in [0.2, 0.25) is 0 Å². The molecule has 1 aliphatic rings. The van der Waals surface area contributed by atoms with Gasteiger partial charge in [0.15, 0.2) is 0 Å². The highest BCUT2D eigenvalue weighted by molar-refractivity contribution is 5.36. The Bertz CT molecular complexity index is 314. The molecule has 1 aliphatic carbocycles. The van der Waals surface area contributed by atoms with Gasteiger partial charge in [0, 0.05) is 11.0 Å². The molecule has 0 bridgehead atoms. The van der Waals surface area contributed by atoms with Gasteiger partial charge >= 0.3 is 0 Å². The predicted octanol–water partition coefficient (Wildman–Crippen LogP) is 1.43. The van der Waals surface area contributed by atoms with Gasteiger partial charge in [-0.2, -0.15) is 0 Å². The zero-order valence-corrected chi connectivity index (χ0v) is 8.53. The molecule has 2 nitrogen and oxygen atoms in total. The van der Waals surface area contributed by atoms with Crippen LogP contribution < -0.4 is 5.73 Å². The van der Waals surface area contributed by atoms with E-state index in [-0.39, 0.29) is 12.0 Å². The van der Waals surface area contributed by atoms with Crippen molar-refractivity contribution in [3.8, 4) is 0 Å². The number of aliphatic hydroxyl groups excluding tert-OH is 1. The van der Waals surface area contributed by atoms with Crippen LogP contribution in [0.4, 0.5) is 0 Å². The Labute approximate surface area is 84.7 Å². The van der Waals surface area contributed by atoms with E-state index in [0.717, 1.165) is 12.8 Å². The van der Waals surface area contributed by atoms with Gasteiger partial charge in [-0.3, -0.25) is 0 Å². The lowest BCUT2D eigenvalue weighted by atomic mass is 9.78. The van der Waals surface area contributed by atoms with E-state index < -0.39 is 5.54 Å². The Balaban J connectivity index is 2.35. The van der Waals surface area contributed by atoms with Gasteiger partial charge in [0.1, 0.15) is 0 Å². The van der Waals surface area contributed by atoms with Crippen LogP contribution in [0.15, 0.2) is 30.3 Å². The van der Waals surface area contributed by atoms with Gasteiger partial charge in [0.2, 0.25) is 0 Å². The third-order valence-electron chi connectivity index (χ3n) is 3.50. The minimum Gasteiger partial charge on any atom is -0.394 e. The van der Waals surface area contributed by atoms with Gasteiger partial charge in [-0.1, -0.05) is 30.3 Å². The largest absolute Gasteiger partial charge is 0.394 e. The first-order valence-corrected chi connectivity index (χ1v) is 5.08. The molecule has 1 atom stereocenters. The number of rotatable bonds is 3. The molecular formula is C12H17NO. The first-order valence-electron chi connectivity index (χ1n) is 5.08. The molecule has 1 saturated carbocycles. The van der Waals surface area contributed by atoms with Crippen LogP contribution in [0, 0.1) is 0 Å². The summed E-state index contributed by atoms with van der Waals surface area (Å²) in [6.07, 6.45) is 2.18. The molecular weight excluding hydrogens is 174 g/mol. The Hall–Kier alpha value is -0.860. The summed E-state index contributed by atoms with van der Waals surface area (Å²) >= 11 is 0. The molecule has 0 amide bonds. The number of hydrogen-bond donors (Lipinski definition) is 2. The molecule has 3 N–H and O–H groups in total. The second kappa shape index (κ2) is 3.07. The van der Waals surface area contributed by atoms with Crippen molar-refractivity contribution in [3.63, 3.8) is 0 Å². The molecule has 0 spiro atoms. The molecule has 2 rings (SSSR count). The van der Waals surface area contributed by atoms with Crippen LogP contribution in [0.3, 0.4) is 0 Å². The molecule has 1 unspecified atom stereocenters. The molecule has 76 valence electrons. The molecule has 0 radical (unpaired) electrons. The lowest BCUT2D eigenvalue weighted by Gasteiger charge is -2.33. The van der Waals surface area contributed by atoms with Gasteiger partial charge in [0.25, 0.3) is 0 Å². The standard InChI is InChI=1S/C12H17NO/c1-11(13,9-14)12(7-8-12)10-5-3-2-4-6-10/h2-6,14H,7-9,13H2,1H3. The van der Waals surface area contributed by atoms with Crippen LogP contribution in [-0.4, -0.2) is 17.3 Å². The number of aliphatic hydroxyl groups is 1. The van der Waals surface area contributed by atoms with Gasteiger partial charge in [-0.25, -0.2) is 0 Å². The van der Waals surface area contributed by atoms with Gasteiger partial charge in [-0.15, -0.1) is 0 Å². The Morgan fingerprint density at radius 3 is 2.36 bits per heavy atom. The molecule has 1 fully saturated rings. The number of hydrogen-bond acceptors (Lipinski definition) is 2. The van der Waals surface area contributed by atoms with Gasteiger partial charge in [-0.05, 0) is 25.3 Å². The van der Waals surface area contributed by atoms with Gasteiger partial charge < -0.3 is 10.8 Å². The minimum absolute atomic E-state index is 0.0169. The van der Waals surface area contributed by atoms with Crippen molar-refractivity contribution in [2.45, 2.75) is 30.7 Å². The van der Waals surface area contributed by atoms with Crippen molar-refractivity contribution in [1.29, 1.82) is 0 Å². The summed E-state index contributed by atoms with van der Waals surface area (Å²) in [5.41, 5.74) is 6.93. The molecule has 2 heteroatoms. The molecule has 0 aromatic heterocycles. The summed E-state index contributed by atoms with van der Waals surface area (Å²) in [6, 6.07) is 10.3. The second-order valence-electron chi connectivity index (χ2n) is 4.52. The quantitative estimate of drug-likeness (QED) is 0.759. The summed E-state index contributed by atoms with van der Waals surface area (Å²) in [5, 5.41) is 9.31. The monoisotopic (exact) mass is 191 g/mol. The van der Waals surface area contributed by atoms with Crippen LogP contribution in [0.25, 0.3) is 0 Å².